The average molecular weight is 434 g/mol. The third-order valence-corrected chi connectivity index (χ3v) is 4.87. The largest absolute Gasteiger partial charge is 0.465 e. The van der Waals surface area contributed by atoms with Crippen LogP contribution < -0.4 is 5.32 Å². The Kier molecular flexibility index (Phi) is 6.14. The molecule has 2 aliphatic heterocycles. The predicted octanol–water partition coefficient (Wildman–Crippen LogP) is -0.0873. The number of alkyl halides is 3. The van der Waals surface area contributed by atoms with Crippen LogP contribution in [0.15, 0.2) is 0 Å². The van der Waals surface area contributed by atoms with E-state index in [9.17, 15) is 27.6 Å². The maximum absolute atomic E-state index is 12.9. The molecule has 2 atom stereocenters. The van der Waals surface area contributed by atoms with Gasteiger partial charge in [0.1, 0.15) is 6.61 Å². The van der Waals surface area contributed by atoms with Gasteiger partial charge in [-0.05, 0) is 6.92 Å². The van der Waals surface area contributed by atoms with Crippen molar-refractivity contribution in [1.29, 1.82) is 0 Å². The molecule has 0 radical (unpaired) electrons. The van der Waals surface area contributed by atoms with Crippen molar-refractivity contribution < 1.29 is 37.4 Å². The standard InChI is InChI=1S/C16H21F3N6O5/c1-9-5-24(13(27)8-30-9)6-10(20-15(28)29)4-12(26)23-2-3-25-11(7-23)21-22-14(25)16(17,18)19/h9-10,20H,2-8H2,1H3,(H,28,29)/t9-,10+/m1/s1. The number of amides is 3. The van der Waals surface area contributed by atoms with E-state index in [0.717, 1.165) is 4.57 Å². The number of carboxylic acid groups (broad SMARTS) is 1. The number of nitrogens with zero attached hydrogens (tertiary/aromatic N) is 5. The molecule has 1 aromatic heterocycles. The number of hydrogen-bond donors (Lipinski definition) is 2. The van der Waals surface area contributed by atoms with E-state index in [-0.39, 0.29) is 63.6 Å². The Morgan fingerprint density at radius 1 is 1.33 bits per heavy atom. The Morgan fingerprint density at radius 3 is 2.73 bits per heavy atom. The minimum atomic E-state index is -4.64. The highest BCUT2D eigenvalue weighted by molar-refractivity contribution is 5.79. The molecule has 0 bridgehead atoms. The van der Waals surface area contributed by atoms with Crippen LogP contribution in [0.3, 0.4) is 0 Å². The molecule has 1 saturated heterocycles. The first-order valence-corrected chi connectivity index (χ1v) is 9.20. The molecule has 3 heterocycles. The first-order valence-electron chi connectivity index (χ1n) is 9.20. The van der Waals surface area contributed by atoms with Crippen LogP contribution in [0.5, 0.6) is 0 Å². The fraction of sp³-hybridized carbons (Fsp3) is 0.688. The maximum Gasteiger partial charge on any atom is 0.451 e. The second kappa shape index (κ2) is 8.45. The van der Waals surface area contributed by atoms with Gasteiger partial charge in [-0.1, -0.05) is 0 Å². The zero-order valence-electron chi connectivity index (χ0n) is 16.1. The number of nitrogens with one attached hydrogen (secondary N) is 1. The van der Waals surface area contributed by atoms with Crippen molar-refractivity contribution in [2.75, 3.05) is 26.2 Å². The Labute approximate surface area is 168 Å². The van der Waals surface area contributed by atoms with E-state index in [0.29, 0.717) is 0 Å². The van der Waals surface area contributed by atoms with Crippen LogP contribution in [0.2, 0.25) is 0 Å². The first kappa shape index (κ1) is 21.8. The third kappa shape index (κ3) is 4.98. The van der Waals surface area contributed by atoms with E-state index < -0.39 is 30.0 Å². The SMILES string of the molecule is C[C@@H]1CN(C[C@H](CC(=O)N2CCn3c(nnc3C(F)(F)F)C2)NC(=O)O)C(=O)CO1. The summed E-state index contributed by atoms with van der Waals surface area (Å²) in [5.74, 6) is -1.90. The normalized spacial score (nSPS) is 20.7. The Morgan fingerprint density at radius 2 is 2.07 bits per heavy atom. The number of morpholine rings is 1. The summed E-state index contributed by atoms with van der Waals surface area (Å²) in [6.45, 7) is 1.58. The van der Waals surface area contributed by atoms with Gasteiger partial charge in [0.2, 0.25) is 17.6 Å². The van der Waals surface area contributed by atoms with Crippen LogP contribution in [-0.2, 0) is 33.6 Å². The van der Waals surface area contributed by atoms with Gasteiger partial charge < -0.3 is 29.5 Å². The van der Waals surface area contributed by atoms with Crippen LogP contribution in [0.25, 0.3) is 0 Å². The lowest BCUT2D eigenvalue weighted by atomic mass is 10.1. The van der Waals surface area contributed by atoms with Crippen molar-refractivity contribution >= 4 is 17.9 Å². The number of halogens is 3. The molecule has 2 N–H and O–H groups in total. The van der Waals surface area contributed by atoms with Crippen molar-refractivity contribution in [3.63, 3.8) is 0 Å². The molecule has 166 valence electrons. The molecule has 30 heavy (non-hydrogen) atoms. The van der Waals surface area contributed by atoms with Crippen molar-refractivity contribution in [3.8, 4) is 0 Å². The molecule has 1 aromatic rings. The van der Waals surface area contributed by atoms with E-state index in [1.165, 1.54) is 9.80 Å². The van der Waals surface area contributed by atoms with Crippen molar-refractivity contribution in [3.05, 3.63) is 11.6 Å². The molecule has 14 heteroatoms. The number of hydrogen-bond acceptors (Lipinski definition) is 6. The molecule has 1 fully saturated rings. The molecule has 0 saturated carbocycles. The number of aromatic nitrogens is 3. The van der Waals surface area contributed by atoms with Gasteiger partial charge in [-0.2, -0.15) is 13.2 Å². The smallest absolute Gasteiger partial charge is 0.451 e. The number of ether oxygens (including phenoxy) is 1. The van der Waals surface area contributed by atoms with Crippen molar-refractivity contribution in [2.45, 2.75) is 44.8 Å². The van der Waals surface area contributed by atoms with E-state index in [4.69, 9.17) is 9.84 Å². The van der Waals surface area contributed by atoms with Crippen molar-refractivity contribution in [1.82, 2.24) is 29.9 Å². The van der Waals surface area contributed by atoms with Gasteiger partial charge in [0.25, 0.3) is 0 Å². The van der Waals surface area contributed by atoms with Gasteiger partial charge in [0, 0.05) is 32.6 Å². The number of carbonyl (C=O) groups excluding carboxylic acids is 2. The summed E-state index contributed by atoms with van der Waals surface area (Å²) < 4.78 is 44.9. The average Bonchev–Trinajstić information content (AvgIpc) is 3.07. The summed E-state index contributed by atoms with van der Waals surface area (Å²) in [6, 6.07) is -0.880. The number of rotatable bonds is 5. The number of fused-ring (bicyclic) bond motifs is 1. The van der Waals surface area contributed by atoms with Gasteiger partial charge in [-0.25, -0.2) is 4.79 Å². The van der Waals surface area contributed by atoms with E-state index >= 15 is 0 Å². The van der Waals surface area contributed by atoms with E-state index in [1.807, 2.05) is 0 Å². The van der Waals surface area contributed by atoms with Crippen LogP contribution in [-0.4, -0.2) is 86.0 Å². The van der Waals surface area contributed by atoms with E-state index in [2.05, 4.69) is 15.5 Å². The lowest BCUT2D eigenvalue weighted by Crippen LogP contribution is -2.53. The molecule has 2 aliphatic rings. The maximum atomic E-state index is 12.9. The summed E-state index contributed by atoms with van der Waals surface area (Å²) >= 11 is 0. The molecule has 3 amide bonds. The summed E-state index contributed by atoms with van der Waals surface area (Å²) in [5, 5.41) is 18.0. The second-order valence-electron chi connectivity index (χ2n) is 7.18. The molecule has 11 nitrogen and oxygen atoms in total. The predicted molar refractivity (Wildman–Crippen MR) is 92.0 cm³/mol. The van der Waals surface area contributed by atoms with Crippen LogP contribution >= 0.6 is 0 Å². The van der Waals surface area contributed by atoms with Gasteiger partial charge in [0.05, 0.1) is 18.7 Å². The molecule has 3 rings (SSSR count). The third-order valence-electron chi connectivity index (χ3n) is 4.87. The summed E-state index contributed by atoms with van der Waals surface area (Å²) in [6.07, 6.45) is -6.48. The molecular weight excluding hydrogens is 413 g/mol. The zero-order valence-corrected chi connectivity index (χ0v) is 16.1. The summed E-state index contributed by atoms with van der Waals surface area (Å²) in [5.41, 5.74) is 0. The summed E-state index contributed by atoms with van der Waals surface area (Å²) in [4.78, 5) is 38.5. The van der Waals surface area contributed by atoms with Gasteiger partial charge in [-0.15, -0.1) is 10.2 Å². The first-order chi connectivity index (χ1) is 14.0. The lowest BCUT2D eigenvalue weighted by Gasteiger charge is -2.34. The van der Waals surface area contributed by atoms with Crippen LogP contribution in [0, 0.1) is 0 Å². The highest BCUT2D eigenvalue weighted by atomic mass is 19.4. The van der Waals surface area contributed by atoms with Crippen LogP contribution in [0.1, 0.15) is 25.0 Å². The lowest BCUT2D eigenvalue weighted by molar-refractivity contribution is -0.149. The Hall–Kier alpha value is -2.90. The van der Waals surface area contributed by atoms with Gasteiger partial charge in [-0.3, -0.25) is 9.59 Å². The topological polar surface area (TPSA) is 130 Å². The molecule has 0 aliphatic carbocycles. The van der Waals surface area contributed by atoms with Gasteiger partial charge >= 0.3 is 12.3 Å². The second-order valence-corrected chi connectivity index (χ2v) is 7.18. The quantitative estimate of drug-likeness (QED) is 0.663. The highest BCUT2D eigenvalue weighted by Gasteiger charge is 2.40. The highest BCUT2D eigenvalue weighted by Crippen LogP contribution is 2.29. The van der Waals surface area contributed by atoms with Crippen molar-refractivity contribution in [2.24, 2.45) is 0 Å². The Bertz CT molecular complexity index is 829. The summed E-state index contributed by atoms with van der Waals surface area (Å²) in [7, 11) is 0. The van der Waals surface area contributed by atoms with E-state index in [1.54, 1.807) is 6.92 Å². The van der Waals surface area contributed by atoms with Gasteiger partial charge in [0.15, 0.2) is 5.82 Å². The van der Waals surface area contributed by atoms with Crippen LogP contribution in [0.4, 0.5) is 18.0 Å². The zero-order chi connectivity index (χ0) is 22.1. The fourth-order valence-corrected chi connectivity index (χ4v) is 3.47. The Balaban J connectivity index is 1.65. The molecule has 0 unspecified atom stereocenters. The monoisotopic (exact) mass is 434 g/mol. The minimum absolute atomic E-state index is 0.000262. The minimum Gasteiger partial charge on any atom is -0.465 e. The molecule has 0 aromatic carbocycles. The number of carbonyl (C=O) groups is 3. The fourth-order valence-electron chi connectivity index (χ4n) is 3.47. The molecular formula is C16H21F3N6O5. The molecule has 0 spiro atoms.